The SMILES string of the molecule is Cc1oc(Nc2ccccn2)c2c(=O)c3cccc(C(F)(F)F)c3[nH]c12. The quantitative estimate of drug-likeness (QED) is 0.542. The number of halogens is 3. The Bertz CT molecular complexity index is 1180. The molecule has 4 aromatic rings. The summed E-state index contributed by atoms with van der Waals surface area (Å²) in [5.41, 5.74) is -1.48. The molecule has 0 saturated carbocycles. The van der Waals surface area contributed by atoms with Gasteiger partial charge in [-0.05, 0) is 31.2 Å². The van der Waals surface area contributed by atoms with Crippen LogP contribution >= 0.6 is 0 Å². The Morgan fingerprint density at radius 3 is 2.62 bits per heavy atom. The van der Waals surface area contributed by atoms with Crippen molar-refractivity contribution >= 4 is 33.5 Å². The number of rotatable bonds is 2. The highest BCUT2D eigenvalue weighted by Crippen LogP contribution is 2.35. The number of benzene rings is 1. The lowest BCUT2D eigenvalue weighted by molar-refractivity contribution is -0.136. The summed E-state index contributed by atoms with van der Waals surface area (Å²) in [6.07, 6.45) is -3.02. The van der Waals surface area contributed by atoms with Gasteiger partial charge in [-0.3, -0.25) is 4.79 Å². The number of H-pyrrole nitrogens is 1. The number of aryl methyl sites for hydroxylation is 1. The van der Waals surface area contributed by atoms with Crippen LogP contribution in [0.4, 0.5) is 24.9 Å². The van der Waals surface area contributed by atoms with Crippen LogP contribution < -0.4 is 10.7 Å². The molecule has 0 atom stereocenters. The van der Waals surface area contributed by atoms with Crippen LogP contribution in [0.1, 0.15) is 11.3 Å². The zero-order valence-electron chi connectivity index (χ0n) is 13.4. The Hall–Kier alpha value is -3.29. The average molecular weight is 359 g/mol. The van der Waals surface area contributed by atoms with Crippen LogP contribution in [0.2, 0.25) is 0 Å². The third-order valence-electron chi connectivity index (χ3n) is 4.08. The molecule has 8 heteroatoms. The van der Waals surface area contributed by atoms with E-state index < -0.39 is 17.2 Å². The van der Waals surface area contributed by atoms with Gasteiger partial charge >= 0.3 is 6.18 Å². The highest BCUT2D eigenvalue weighted by molar-refractivity contribution is 6.00. The van der Waals surface area contributed by atoms with E-state index in [1.807, 2.05) is 0 Å². The van der Waals surface area contributed by atoms with E-state index in [4.69, 9.17) is 4.42 Å². The molecule has 3 aromatic heterocycles. The molecule has 0 saturated heterocycles. The number of anilines is 2. The van der Waals surface area contributed by atoms with Gasteiger partial charge < -0.3 is 14.7 Å². The van der Waals surface area contributed by atoms with Gasteiger partial charge in [0.25, 0.3) is 0 Å². The number of para-hydroxylation sites is 1. The molecule has 0 bridgehead atoms. The van der Waals surface area contributed by atoms with E-state index in [1.54, 1.807) is 31.3 Å². The monoisotopic (exact) mass is 359 g/mol. The highest BCUT2D eigenvalue weighted by atomic mass is 19.4. The Morgan fingerprint density at radius 1 is 1.12 bits per heavy atom. The average Bonchev–Trinajstić information content (AvgIpc) is 2.90. The second kappa shape index (κ2) is 5.62. The van der Waals surface area contributed by atoms with E-state index in [9.17, 15) is 18.0 Å². The molecular weight excluding hydrogens is 347 g/mol. The number of furan rings is 1. The molecule has 132 valence electrons. The van der Waals surface area contributed by atoms with Crippen LogP contribution in [0, 0.1) is 6.92 Å². The fraction of sp³-hybridized carbons (Fsp3) is 0.111. The van der Waals surface area contributed by atoms with Crippen molar-refractivity contribution in [1.82, 2.24) is 9.97 Å². The van der Waals surface area contributed by atoms with Gasteiger partial charge in [-0.1, -0.05) is 12.1 Å². The lowest BCUT2D eigenvalue weighted by Crippen LogP contribution is -2.11. The van der Waals surface area contributed by atoms with Crippen molar-refractivity contribution in [3.05, 3.63) is 64.1 Å². The van der Waals surface area contributed by atoms with Gasteiger partial charge in [-0.25, -0.2) is 4.98 Å². The molecule has 0 spiro atoms. The van der Waals surface area contributed by atoms with Crippen LogP contribution in [0.5, 0.6) is 0 Å². The molecule has 3 heterocycles. The largest absolute Gasteiger partial charge is 0.443 e. The van der Waals surface area contributed by atoms with E-state index >= 15 is 0 Å². The maximum Gasteiger partial charge on any atom is 0.418 e. The van der Waals surface area contributed by atoms with Crippen molar-refractivity contribution in [1.29, 1.82) is 0 Å². The number of alkyl halides is 3. The standard InChI is InChI=1S/C18H12F3N3O2/c1-9-14-13(17(26-9)23-12-7-2-3-8-22-12)16(25)10-5-4-6-11(15(10)24-14)18(19,20)21/h2-8,24H,1H3,(H,22,23). The van der Waals surface area contributed by atoms with Crippen LogP contribution in [0.3, 0.4) is 0 Å². The summed E-state index contributed by atoms with van der Waals surface area (Å²) in [6, 6.07) is 8.67. The molecule has 0 unspecified atom stereocenters. The predicted molar refractivity (Wildman–Crippen MR) is 91.6 cm³/mol. The number of aromatic nitrogens is 2. The molecule has 1 aromatic carbocycles. The molecular formula is C18H12F3N3O2. The van der Waals surface area contributed by atoms with Crippen LogP contribution in [0.25, 0.3) is 21.8 Å². The summed E-state index contributed by atoms with van der Waals surface area (Å²) in [4.78, 5) is 19.7. The van der Waals surface area contributed by atoms with E-state index in [-0.39, 0.29) is 27.7 Å². The molecule has 0 radical (unpaired) electrons. The van der Waals surface area contributed by atoms with Crippen LogP contribution in [-0.2, 0) is 6.18 Å². The van der Waals surface area contributed by atoms with Crippen molar-refractivity contribution in [2.75, 3.05) is 5.32 Å². The molecule has 0 aliphatic rings. The van der Waals surface area contributed by atoms with Gasteiger partial charge in [0.05, 0.1) is 16.6 Å². The molecule has 0 aliphatic heterocycles. The number of hydrogen-bond donors (Lipinski definition) is 2. The molecule has 4 rings (SSSR count). The van der Waals surface area contributed by atoms with Crippen molar-refractivity contribution in [3.63, 3.8) is 0 Å². The van der Waals surface area contributed by atoms with Gasteiger partial charge in [0.2, 0.25) is 11.3 Å². The van der Waals surface area contributed by atoms with Gasteiger partial charge in [-0.15, -0.1) is 0 Å². The number of fused-ring (bicyclic) bond motifs is 2. The molecule has 5 nitrogen and oxygen atoms in total. The Morgan fingerprint density at radius 2 is 1.92 bits per heavy atom. The first-order valence-corrected chi connectivity index (χ1v) is 7.69. The minimum Gasteiger partial charge on any atom is -0.443 e. The van der Waals surface area contributed by atoms with Crippen molar-refractivity contribution in [2.24, 2.45) is 0 Å². The highest BCUT2D eigenvalue weighted by Gasteiger charge is 2.33. The fourth-order valence-electron chi connectivity index (χ4n) is 2.93. The molecule has 26 heavy (non-hydrogen) atoms. The summed E-state index contributed by atoms with van der Waals surface area (Å²) >= 11 is 0. The first-order chi connectivity index (χ1) is 12.4. The lowest BCUT2D eigenvalue weighted by Gasteiger charge is -2.10. The van der Waals surface area contributed by atoms with Gasteiger partial charge in [0, 0.05) is 11.6 Å². The van der Waals surface area contributed by atoms with Gasteiger partial charge in [0.15, 0.2) is 0 Å². The van der Waals surface area contributed by atoms with E-state index in [1.165, 1.54) is 12.1 Å². The minimum absolute atomic E-state index is 0.0582. The maximum absolute atomic E-state index is 13.3. The number of nitrogens with one attached hydrogen (secondary N) is 2. The Kier molecular flexibility index (Phi) is 3.50. The number of pyridine rings is 2. The van der Waals surface area contributed by atoms with Crippen LogP contribution in [-0.4, -0.2) is 9.97 Å². The molecule has 0 amide bonds. The minimum atomic E-state index is -4.58. The van der Waals surface area contributed by atoms with E-state index in [0.29, 0.717) is 11.6 Å². The van der Waals surface area contributed by atoms with Crippen molar-refractivity contribution in [3.8, 4) is 0 Å². The van der Waals surface area contributed by atoms with Crippen molar-refractivity contribution < 1.29 is 17.6 Å². The first-order valence-electron chi connectivity index (χ1n) is 7.69. The summed E-state index contributed by atoms with van der Waals surface area (Å²) in [5, 5.41) is 2.99. The maximum atomic E-state index is 13.3. The van der Waals surface area contributed by atoms with Gasteiger partial charge in [0.1, 0.15) is 17.0 Å². The zero-order valence-corrected chi connectivity index (χ0v) is 13.4. The summed E-state index contributed by atoms with van der Waals surface area (Å²) in [5.74, 6) is 0.887. The molecule has 0 fully saturated rings. The first kappa shape index (κ1) is 16.2. The molecule has 2 N–H and O–H groups in total. The number of hydrogen-bond acceptors (Lipinski definition) is 4. The second-order valence-corrected chi connectivity index (χ2v) is 5.76. The summed E-state index contributed by atoms with van der Waals surface area (Å²) in [7, 11) is 0. The van der Waals surface area contributed by atoms with Crippen LogP contribution in [0.15, 0.2) is 51.8 Å². The topological polar surface area (TPSA) is 70.9 Å². The predicted octanol–water partition coefficient (Wildman–Crippen LogP) is 4.74. The smallest absolute Gasteiger partial charge is 0.418 e. The number of aromatic amines is 1. The van der Waals surface area contributed by atoms with E-state index in [2.05, 4.69) is 15.3 Å². The molecule has 0 aliphatic carbocycles. The third kappa shape index (κ3) is 2.50. The summed E-state index contributed by atoms with van der Waals surface area (Å²) < 4.78 is 45.4. The lowest BCUT2D eigenvalue weighted by atomic mass is 10.1. The Balaban J connectivity index is 2.02. The zero-order chi connectivity index (χ0) is 18.5. The van der Waals surface area contributed by atoms with E-state index in [0.717, 1.165) is 6.07 Å². The number of nitrogens with zero attached hydrogens (tertiary/aromatic N) is 1. The van der Waals surface area contributed by atoms with Crippen molar-refractivity contribution in [2.45, 2.75) is 13.1 Å². The third-order valence-corrected chi connectivity index (χ3v) is 4.08. The normalized spacial score (nSPS) is 12.0. The fourth-order valence-corrected chi connectivity index (χ4v) is 2.93. The second-order valence-electron chi connectivity index (χ2n) is 5.76. The van der Waals surface area contributed by atoms with Gasteiger partial charge in [-0.2, -0.15) is 13.2 Å². The Labute approximate surface area is 144 Å². The summed E-state index contributed by atoms with van der Waals surface area (Å²) in [6.45, 7) is 1.57.